The fourth-order valence-electron chi connectivity index (χ4n) is 3.22. The van der Waals surface area contributed by atoms with Gasteiger partial charge in [-0.3, -0.25) is 0 Å². The van der Waals surface area contributed by atoms with Crippen molar-refractivity contribution < 1.29 is 22.2 Å². The fraction of sp³-hybridized carbons (Fsp3) is 0.500. The third kappa shape index (κ3) is 3.35. The maximum absolute atomic E-state index is 14.2. The van der Waals surface area contributed by atoms with Gasteiger partial charge in [-0.25, -0.2) is 22.5 Å². The van der Waals surface area contributed by atoms with E-state index in [-0.39, 0.29) is 35.4 Å². The molecule has 1 aromatic heterocycles. The van der Waals surface area contributed by atoms with E-state index < -0.39 is 23.1 Å². The lowest BCUT2D eigenvalue weighted by Gasteiger charge is -2.32. The number of hydrogen-bond donors (Lipinski definition) is 1. The molecule has 1 saturated heterocycles. The Morgan fingerprint density at radius 2 is 2.23 bits per heavy atom. The molecule has 1 fully saturated rings. The van der Waals surface area contributed by atoms with Crippen LogP contribution in [-0.4, -0.2) is 53.1 Å². The standard InChI is InChI=1S/C16H19F3N4O2S/c1-22-6-4-3-5-9(22)8-20-16-21-13-12(18)11(17)7-10(15(24)25-2)14(13)23(16)26-19/h7,9H,3-6,8H2,1-2H3,(H,20,21). The van der Waals surface area contributed by atoms with Gasteiger partial charge < -0.3 is 15.0 Å². The van der Waals surface area contributed by atoms with E-state index in [9.17, 15) is 17.5 Å². The summed E-state index contributed by atoms with van der Waals surface area (Å²) in [5, 5.41) is 2.99. The molecule has 2 aromatic rings. The molecule has 6 nitrogen and oxygen atoms in total. The van der Waals surface area contributed by atoms with E-state index in [0.717, 1.165) is 36.9 Å². The Labute approximate surface area is 153 Å². The number of methoxy groups -OCH3 is 1. The van der Waals surface area contributed by atoms with Crippen LogP contribution in [0, 0.1) is 11.6 Å². The smallest absolute Gasteiger partial charge is 0.340 e. The quantitative estimate of drug-likeness (QED) is 0.793. The number of rotatable bonds is 5. The molecule has 0 bridgehead atoms. The number of likely N-dealkylation sites (N-methyl/N-ethyl adjacent to an activating group) is 1. The van der Waals surface area contributed by atoms with Gasteiger partial charge in [-0.05, 0) is 32.5 Å². The van der Waals surface area contributed by atoms with Crippen molar-refractivity contribution in [1.82, 2.24) is 13.9 Å². The molecule has 1 atom stereocenters. The molecule has 1 aliphatic heterocycles. The largest absolute Gasteiger partial charge is 0.465 e. The van der Waals surface area contributed by atoms with Crippen molar-refractivity contribution in [2.45, 2.75) is 25.3 Å². The Balaban J connectivity index is 2.00. The summed E-state index contributed by atoms with van der Waals surface area (Å²) in [6.07, 6.45) is 3.19. The summed E-state index contributed by atoms with van der Waals surface area (Å²) >= 11 is -0.243. The number of ether oxygens (including phenoxy) is 1. The van der Waals surface area contributed by atoms with Crippen LogP contribution in [0.2, 0.25) is 0 Å². The van der Waals surface area contributed by atoms with E-state index in [1.165, 1.54) is 0 Å². The van der Waals surface area contributed by atoms with Crippen LogP contribution < -0.4 is 5.32 Å². The number of esters is 1. The number of aromatic nitrogens is 2. The van der Waals surface area contributed by atoms with Crippen molar-refractivity contribution in [3.05, 3.63) is 23.3 Å². The molecule has 1 N–H and O–H groups in total. The highest BCUT2D eigenvalue weighted by Crippen LogP contribution is 2.32. The van der Waals surface area contributed by atoms with Gasteiger partial charge in [-0.2, -0.15) is 0 Å². The van der Waals surface area contributed by atoms with E-state index >= 15 is 0 Å². The first kappa shape index (κ1) is 18.8. The summed E-state index contributed by atoms with van der Waals surface area (Å²) in [6.45, 7) is 1.44. The third-order valence-electron chi connectivity index (χ3n) is 4.67. The molecule has 3 rings (SSSR count). The summed E-state index contributed by atoms with van der Waals surface area (Å²) < 4.78 is 47.1. The number of imidazole rings is 1. The maximum atomic E-state index is 14.2. The topological polar surface area (TPSA) is 59.4 Å². The van der Waals surface area contributed by atoms with E-state index in [2.05, 4.69) is 19.9 Å². The number of hydrogen-bond acceptors (Lipinski definition) is 6. The molecule has 0 amide bonds. The van der Waals surface area contributed by atoms with Crippen LogP contribution in [0.25, 0.3) is 11.0 Å². The molecule has 10 heteroatoms. The number of nitrogens with zero attached hydrogens (tertiary/aromatic N) is 3. The number of carbonyl (C=O) groups excluding carboxylic acids is 1. The first-order chi connectivity index (χ1) is 12.5. The first-order valence-corrected chi connectivity index (χ1v) is 8.87. The highest BCUT2D eigenvalue weighted by molar-refractivity contribution is 7.93. The van der Waals surface area contributed by atoms with Crippen molar-refractivity contribution in [2.75, 3.05) is 32.6 Å². The van der Waals surface area contributed by atoms with Crippen molar-refractivity contribution >= 4 is 35.3 Å². The normalized spacial score (nSPS) is 18.3. The van der Waals surface area contributed by atoms with Gasteiger partial charge in [-0.1, -0.05) is 6.42 Å². The summed E-state index contributed by atoms with van der Waals surface area (Å²) in [5.41, 5.74) is -0.875. The number of anilines is 1. The lowest BCUT2D eigenvalue weighted by Crippen LogP contribution is -2.41. The third-order valence-corrected chi connectivity index (χ3v) is 5.17. The number of likely N-dealkylation sites (tertiary alicyclic amines) is 1. The van der Waals surface area contributed by atoms with Crippen LogP contribution in [0.4, 0.5) is 18.6 Å². The Hall–Kier alpha value is -1.94. The molecule has 26 heavy (non-hydrogen) atoms. The van der Waals surface area contributed by atoms with Crippen LogP contribution in [0.1, 0.15) is 29.6 Å². The van der Waals surface area contributed by atoms with Crippen molar-refractivity contribution in [1.29, 1.82) is 0 Å². The molecule has 0 radical (unpaired) electrons. The Morgan fingerprint density at radius 1 is 1.46 bits per heavy atom. The number of fused-ring (bicyclic) bond motifs is 1. The summed E-state index contributed by atoms with van der Waals surface area (Å²) in [5.74, 6) is -3.37. The second-order valence-electron chi connectivity index (χ2n) is 6.22. The first-order valence-electron chi connectivity index (χ1n) is 8.19. The number of benzene rings is 1. The minimum atomic E-state index is -1.25. The highest BCUT2D eigenvalue weighted by Gasteiger charge is 2.26. The number of carbonyl (C=O) groups is 1. The molecule has 2 heterocycles. The molecule has 0 saturated carbocycles. The van der Waals surface area contributed by atoms with Crippen molar-refractivity contribution in [2.24, 2.45) is 0 Å². The van der Waals surface area contributed by atoms with Gasteiger partial charge in [0, 0.05) is 12.6 Å². The number of halogens is 3. The molecule has 1 unspecified atom stereocenters. The van der Waals surface area contributed by atoms with Crippen LogP contribution in [-0.2, 0) is 4.74 Å². The zero-order chi connectivity index (χ0) is 18.8. The SMILES string of the molecule is COC(=O)c1cc(F)c(F)c2nc(NCC3CCCCN3C)n(SF)c12. The van der Waals surface area contributed by atoms with Crippen LogP contribution in [0.5, 0.6) is 0 Å². The predicted octanol–water partition coefficient (Wildman–Crippen LogP) is 3.38. The Bertz CT molecular complexity index is 830. The number of piperidine rings is 1. The Morgan fingerprint density at radius 3 is 2.88 bits per heavy atom. The lowest BCUT2D eigenvalue weighted by atomic mass is 10.0. The summed E-state index contributed by atoms with van der Waals surface area (Å²) in [4.78, 5) is 18.1. The Kier molecular flexibility index (Phi) is 5.61. The van der Waals surface area contributed by atoms with Crippen LogP contribution >= 0.6 is 12.3 Å². The van der Waals surface area contributed by atoms with E-state index in [1.54, 1.807) is 0 Å². The van der Waals surface area contributed by atoms with Gasteiger partial charge >= 0.3 is 5.97 Å². The average molecular weight is 388 g/mol. The predicted molar refractivity (Wildman–Crippen MR) is 93.8 cm³/mol. The molecule has 1 aliphatic rings. The van der Waals surface area contributed by atoms with Gasteiger partial charge in [0.2, 0.25) is 5.95 Å². The second-order valence-corrected chi connectivity index (χ2v) is 6.72. The fourth-order valence-corrected chi connectivity index (χ4v) is 3.65. The van der Waals surface area contributed by atoms with Crippen molar-refractivity contribution in [3.8, 4) is 0 Å². The summed E-state index contributed by atoms with van der Waals surface area (Å²) in [6, 6.07) is 0.916. The minimum Gasteiger partial charge on any atom is -0.465 e. The average Bonchev–Trinajstić information content (AvgIpc) is 3.02. The van der Waals surface area contributed by atoms with Gasteiger partial charge in [0.25, 0.3) is 0 Å². The van der Waals surface area contributed by atoms with Crippen LogP contribution in [0.3, 0.4) is 0 Å². The molecule has 142 valence electrons. The van der Waals surface area contributed by atoms with E-state index in [0.29, 0.717) is 12.6 Å². The zero-order valence-electron chi connectivity index (χ0n) is 14.4. The highest BCUT2D eigenvalue weighted by atomic mass is 32.2. The number of nitrogens with one attached hydrogen (secondary N) is 1. The zero-order valence-corrected chi connectivity index (χ0v) is 15.2. The molecule has 0 aliphatic carbocycles. The maximum Gasteiger partial charge on any atom is 0.340 e. The van der Waals surface area contributed by atoms with Crippen molar-refractivity contribution in [3.63, 3.8) is 0 Å². The lowest BCUT2D eigenvalue weighted by molar-refractivity contribution is 0.0602. The molecule has 1 aromatic carbocycles. The minimum absolute atomic E-state index is 0.0149. The molecule has 0 spiro atoms. The van der Waals surface area contributed by atoms with E-state index in [1.807, 2.05) is 7.05 Å². The van der Waals surface area contributed by atoms with Gasteiger partial charge in [0.1, 0.15) is 11.0 Å². The van der Waals surface area contributed by atoms with Crippen LogP contribution in [0.15, 0.2) is 6.07 Å². The molecular weight excluding hydrogens is 369 g/mol. The molecular formula is C16H19F3N4O2S. The van der Waals surface area contributed by atoms with Gasteiger partial charge in [0.15, 0.2) is 24.0 Å². The van der Waals surface area contributed by atoms with Gasteiger partial charge in [-0.15, -0.1) is 3.89 Å². The van der Waals surface area contributed by atoms with E-state index in [4.69, 9.17) is 0 Å². The second kappa shape index (κ2) is 7.75. The summed E-state index contributed by atoms with van der Waals surface area (Å²) in [7, 11) is 3.11. The van der Waals surface area contributed by atoms with Gasteiger partial charge in [0.05, 0.1) is 12.7 Å². The monoisotopic (exact) mass is 388 g/mol.